The van der Waals surface area contributed by atoms with Crippen LogP contribution in [-0.2, 0) is 4.79 Å². The molecule has 5 atom stereocenters. The Labute approximate surface area is 182 Å². The van der Waals surface area contributed by atoms with Crippen LogP contribution in [-0.4, -0.2) is 17.1 Å². The van der Waals surface area contributed by atoms with E-state index >= 15 is 0 Å². The molecule has 0 aliphatic heterocycles. The summed E-state index contributed by atoms with van der Waals surface area (Å²) in [6.07, 6.45) is 6.56. The summed E-state index contributed by atoms with van der Waals surface area (Å²) in [4.78, 5) is 12.5. The van der Waals surface area contributed by atoms with Crippen molar-refractivity contribution in [1.29, 1.82) is 0 Å². The number of nitrogens with one attached hydrogen (secondary N) is 1. The molecule has 164 valence electrons. The molecule has 1 aromatic rings. The molecule has 2 aliphatic rings. The SMILES string of the molecule is C=C1CCC2C(C(C)CC(O)C2(C)C)C1CC/C(C)=C/C(=O)Nc1ccccc1C. The first-order valence-corrected chi connectivity index (χ1v) is 11.5. The molecule has 5 unspecified atom stereocenters. The van der Waals surface area contributed by atoms with Gasteiger partial charge >= 0.3 is 0 Å². The summed E-state index contributed by atoms with van der Waals surface area (Å²) < 4.78 is 0. The fourth-order valence-electron chi connectivity index (χ4n) is 5.95. The molecule has 3 rings (SSSR count). The van der Waals surface area contributed by atoms with Crippen LogP contribution in [0.5, 0.6) is 0 Å². The lowest BCUT2D eigenvalue weighted by Gasteiger charge is -2.55. The van der Waals surface area contributed by atoms with E-state index < -0.39 is 0 Å². The van der Waals surface area contributed by atoms with Crippen molar-refractivity contribution in [2.45, 2.75) is 72.8 Å². The fourth-order valence-corrected chi connectivity index (χ4v) is 5.95. The maximum Gasteiger partial charge on any atom is 0.248 e. The second kappa shape index (κ2) is 9.09. The monoisotopic (exact) mass is 409 g/mol. The van der Waals surface area contributed by atoms with Crippen molar-refractivity contribution >= 4 is 11.6 Å². The number of aliphatic hydroxyl groups is 1. The van der Waals surface area contributed by atoms with Crippen LogP contribution in [0.4, 0.5) is 5.69 Å². The minimum Gasteiger partial charge on any atom is -0.393 e. The third kappa shape index (κ3) is 4.72. The normalized spacial score (nSPS) is 31.2. The van der Waals surface area contributed by atoms with Crippen molar-refractivity contribution < 1.29 is 9.90 Å². The Kier molecular flexibility index (Phi) is 6.91. The van der Waals surface area contributed by atoms with Crippen LogP contribution < -0.4 is 5.32 Å². The van der Waals surface area contributed by atoms with Crippen LogP contribution in [0.25, 0.3) is 0 Å². The van der Waals surface area contributed by atoms with Gasteiger partial charge < -0.3 is 10.4 Å². The zero-order chi connectivity index (χ0) is 22.1. The van der Waals surface area contributed by atoms with Gasteiger partial charge in [-0.1, -0.05) is 56.7 Å². The van der Waals surface area contributed by atoms with Crippen molar-refractivity contribution in [1.82, 2.24) is 0 Å². The van der Waals surface area contributed by atoms with E-state index in [9.17, 15) is 9.90 Å². The first-order valence-electron chi connectivity index (χ1n) is 11.5. The molecule has 0 bridgehead atoms. The molecular formula is C27H39NO2. The van der Waals surface area contributed by atoms with Gasteiger partial charge in [-0.2, -0.15) is 0 Å². The van der Waals surface area contributed by atoms with Gasteiger partial charge in [-0.05, 0) is 86.7 Å². The van der Waals surface area contributed by atoms with Crippen LogP contribution >= 0.6 is 0 Å². The highest BCUT2D eigenvalue weighted by molar-refractivity contribution is 6.00. The maximum atomic E-state index is 12.5. The van der Waals surface area contributed by atoms with Gasteiger partial charge in [0, 0.05) is 11.8 Å². The van der Waals surface area contributed by atoms with Crippen LogP contribution in [0.3, 0.4) is 0 Å². The van der Waals surface area contributed by atoms with Gasteiger partial charge in [0.25, 0.3) is 0 Å². The first-order chi connectivity index (χ1) is 14.1. The van der Waals surface area contributed by atoms with Gasteiger partial charge in [0.15, 0.2) is 0 Å². The number of amides is 1. The van der Waals surface area contributed by atoms with Gasteiger partial charge in [0.2, 0.25) is 5.91 Å². The van der Waals surface area contributed by atoms with Crippen LogP contribution in [0.2, 0.25) is 0 Å². The van der Waals surface area contributed by atoms with Crippen molar-refractivity contribution in [2.24, 2.45) is 29.1 Å². The highest BCUT2D eigenvalue weighted by Gasteiger charge is 2.51. The van der Waals surface area contributed by atoms with E-state index in [0.717, 1.165) is 48.9 Å². The Hall–Kier alpha value is -1.87. The minimum absolute atomic E-state index is 0.0333. The summed E-state index contributed by atoms with van der Waals surface area (Å²) in [5.41, 5.74) is 4.38. The van der Waals surface area contributed by atoms with Gasteiger partial charge in [-0.25, -0.2) is 0 Å². The molecule has 1 aromatic carbocycles. The van der Waals surface area contributed by atoms with E-state index in [4.69, 9.17) is 0 Å². The fraction of sp³-hybridized carbons (Fsp3) is 0.593. The van der Waals surface area contributed by atoms with E-state index in [-0.39, 0.29) is 17.4 Å². The van der Waals surface area contributed by atoms with Crippen molar-refractivity contribution in [3.8, 4) is 0 Å². The number of aryl methyl sites for hydroxylation is 1. The molecule has 0 heterocycles. The summed E-state index contributed by atoms with van der Waals surface area (Å²) in [6, 6.07) is 7.85. The third-order valence-electron chi connectivity index (χ3n) is 7.93. The average Bonchev–Trinajstić information content (AvgIpc) is 2.67. The smallest absolute Gasteiger partial charge is 0.248 e. The number of rotatable bonds is 5. The third-order valence-corrected chi connectivity index (χ3v) is 7.93. The summed E-state index contributed by atoms with van der Waals surface area (Å²) in [5, 5.41) is 13.7. The van der Waals surface area contributed by atoms with Crippen LogP contribution in [0, 0.1) is 36.0 Å². The summed E-state index contributed by atoms with van der Waals surface area (Å²) in [5.74, 6) is 2.05. The topological polar surface area (TPSA) is 49.3 Å². The number of carbonyl (C=O) groups is 1. The summed E-state index contributed by atoms with van der Waals surface area (Å²) >= 11 is 0. The number of allylic oxidation sites excluding steroid dienone is 2. The molecule has 2 saturated carbocycles. The molecule has 30 heavy (non-hydrogen) atoms. The Balaban J connectivity index is 1.66. The molecule has 3 heteroatoms. The van der Waals surface area contributed by atoms with Crippen LogP contribution in [0.15, 0.2) is 48.1 Å². The second-order valence-corrected chi connectivity index (χ2v) is 10.4. The lowest BCUT2D eigenvalue weighted by Crippen LogP contribution is -2.52. The molecule has 2 aliphatic carbocycles. The second-order valence-electron chi connectivity index (χ2n) is 10.4. The molecule has 1 amide bonds. The van der Waals surface area contributed by atoms with Gasteiger partial charge in [-0.15, -0.1) is 0 Å². The predicted octanol–water partition coefficient (Wildman–Crippen LogP) is 6.29. The number of para-hydroxylation sites is 1. The molecule has 2 N–H and O–H groups in total. The highest BCUT2D eigenvalue weighted by atomic mass is 16.3. The number of carbonyl (C=O) groups excluding carboxylic acids is 1. The van der Waals surface area contributed by atoms with Crippen molar-refractivity contribution in [2.75, 3.05) is 5.32 Å². The molecular weight excluding hydrogens is 370 g/mol. The number of hydrogen-bond donors (Lipinski definition) is 2. The number of benzene rings is 1. The zero-order valence-corrected chi connectivity index (χ0v) is 19.4. The van der Waals surface area contributed by atoms with E-state index in [1.165, 1.54) is 5.57 Å². The predicted molar refractivity (Wildman–Crippen MR) is 125 cm³/mol. The Morgan fingerprint density at radius 2 is 2.03 bits per heavy atom. The van der Waals surface area contributed by atoms with Crippen molar-refractivity contribution in [3.63, 3.8) is 0 Å². The van der Waals surface area contributed by atoms with E-state index in [2.05, 4.69) is 39.6 Å². The quantitative estimate of drug-likeness (QED) is 0.444. The molecule has 3 nitrogen and oxygen atoms in total. The minimum atomic E-state index is -0.215. The van der Waals surface area contributed by atoms with Gasteiger partial charge in [0.05, 0.1) is 6.10 Å². The molecule has 0 aromatic heterocycles. The average molecular weight is 410 g/mol. The standard InChI is InChI=1S/C27H39NO2/c1-17(15-25(30)28-23-10-8-7-9-19(23)3)11-13-21-18(2)12-14-22-26(21)20(4)16-24(29)27(22,5)6/h7-10,15,20-22,24,26,29H,2,11-14,16H2,1,3-6H3,(H,28,30)/b17-15+. The largest absolute Gasteiger partial charge is 0.393 e. The van der Waals surface area contributed by atoms with Gasteiger partial charge in [-0.3, -0.25) is 4.79 Å². The van der Waals surface area contributed by atoms with E-state index in [0.29, 0.717) is 23.7 Å². The Morgan fingerprint density at radius 3 is 2.73 bits per heavy atom. The summed E-state index contributed by atoms with van der Waals surface area (Å²) in [6.45, 7) is 15.3. The van der Waals surface area contributed by atoms with E-state index in [1.54, 1.807) is 6.08 Å². The lowest BCUT2D eigenvalue weighted by atomic mass is 9.50. The van der Waals surface area contributed by atoms with Crippen molar-refractivity contribution in [3.05, 3.63) is 53.6 Å². The zero-order valence-electron chi connectivity index (χ0n) is 19.4. The lowest BCUT2D eigenvalue weighted by molar-refractivity contribution is -0.112. The molecule has 0 radical (unpaired) electrons. The Morgan fingerprint density at radius 1 is 1.33 bits per heavy atom. The molecule has 0 spiro atoms. The number of hydrogen-bond acceptors (Lipinski definition) is 2. The van der Waals surface area contributed by atoms with E-state index in [1.807, 2.05) is 31.2 Å². The van der Waals surface area contributed by atoms with Gasteiger partial charge in [0.1, 0.15) is 0 Å². The first kappa shape index (κ1) is 22.8. The number of aliphatic hydroxyl groups excluding tert-OH is 1. The maximum absolute atomic E-state index is 12.5. The number of anilines is 1. The van der Waals surface area contributed by atoms with Crippen LogP contribution in [0.1, 0.15) is 65.4 Å². The Bertz CT molecular complexity index is 822. The molecule has 2 fully saturated rings. The highest BCUT2D eigenvalue weighted by Crippen LogP contribution is 2.56. The summed E-state index contributed by atoms with van der Waals surface area (Å²) in [7, 11) is 0. The molecule has 0 saturated heterocycles. The number of fused-ring (bicyclic) bond motifs is 1.